The summed E-state index contributed by atoms with van der Waals surface area (Å²) in [6.45, 7) is 1.29. The van der Waals surface area contributed by atoms with E-state index in [1.807, 2.05) is 0 Å². The second-order valence-corrected chi connectivity index (χ2v) is 5.11. The Morgan fingerprint density at radius 2 is 2.00 bits per heavy atom. The van der Waals surface area contributed by atoms with Gasteiger partial charge in [-0.3, -0.25) is 9.59 Å². The monoisotopic (exact) mass is 315 g/mol. The maximum Gasteiger partial charge on any atom is 0.230 e. The van der Waals surface area contributed by atoms with Crippen LogP contribution in [0.15, 0.2) is 36.7 Å². The van der Waals surface area contributed by atoms with Crippen LogP contribution >= 0.6 is 11.6 Å². The highest BCUT2D eigenvalue weighted by Crippen LogP contribution is 2.34. The number of rotatable bonds is 2. The molecule has 2 heterocycles. The van der Waals surface area contributed by atoms with Gasteiger partial charge in [-0.1, -0.05) is 17.7 Å². The topological polar surface area (TPSA) is 85.1 Å². The number of nitrogens with zero attached hydrogens (tertiary/aromatic N) is 3. The summed E-state index contributed by atoms with van der Waals surface area (Å²) < 4.78 is 1.06. The van der Waals surface area contributed by atoms with E-state index in [1.54, 1.807) is 12.1 Å². The molecule has 0 unspecified atom stereocenters. The number of carbonyl (C=O) groups is 2. The first-order valence-corrected chi connectivity index (χ1v) is 6.73. The Morgan fingerprint density at radius 1 is 1.23 bits per heavy atom. The lowest BCUT2D eigenvalue weighted by Crippen LogP contribution is -2.06. The molecule has 3 rings (SSSR count). The summed E-state index contributed by atoms with van der Waals surface area (Å²) in [7, 11) is 0. The molecule has 7 heteroatoms. The van der Waals surface area contributed by atoms with Crippen molar-refractivity contribution in [2.75, 3.05) is 0 Å². The number of hydrogen-bond acceptors (Lipinski definition) is 5. The number of aromatic nitrogens is 3. The van der Waals surface area contributed by atoms with Crippen molar-refractivity contribution in [2.24, 2.45) is 0 Å². The van der Waals surface area contributed by atoms with Crippen molar-refractivity contribution < 1.29 is 14.7 Å². The van der Waals surface area contributed by atoms with Crippen LogP contribution in [0.5, 0.6) is 5.88 Å². The molecule has 0 aliphatic carbocycles. The van der Waals surface area contributed by atoms with Gasteiger partial charge in [0.05, 0.1) is 23.5 Å². The highest BCUT2D eigenvalue weighted by Gasteiger charge is 2.25. The molecule has 22 heavy (non-hydrogen) atoms. The standard InChI is InChI=1S/C15H10ClN3O3/c1-8(20)19-12-6-10(16)2-3-11(12)13(15(19)22)14(21)9-4-5-17-18-7-9/h2-7,22H,1H3. The number of hydrogen-bond donors (Lipinski definition) is 1. The van der Waals surface area contributed by atoms with Gasteiger partial charge in [0.15, 0.2) is 0 Å². The quantitative estimate of drug-likeness (QED) is 0.735. The molecule has 0 amide bonds. The zero-order valence-corrected chi connectivity index (χ0v) is 12.2. The Morgan fingerprint density at radius 3 is 2.64 bits per heavy atom. The van der Waals surface area contributed by atoms with Crippen LogP contribution < -0.4 is 0 Å². The van der Waals surface area contributed by atoms with Gasteiger partial charge in [-0.2, -0.15) is 10.2 Å². The molecule has 0 saturated heterocycles. The van der Waals surface area contributed by atoms with Crippen molar-refractivity contribution in [3.05, 3.63) is 52.8 Å². The third-order valence-electron chi connectivity index (χ3n) is 3.29. The average Bonchev–Trinajstić information content (AvgIpc) is 2.78. The molecular weight excluding hydrogens is 306 g/mol. The molecule has 0 aliphatic heterocycles. The van der Waals surface area contributed by atoms with Gasteiger partial charge in [-0.15, -0.1) is 0 Å². The van der Waals surface area contributed by atoms with E-state index in [0.717, 1.165) is 4.57 Å². The van der Waals surface area contributed by atoms with E-state index in [0.29, 0.717) is 15.9 Å². The van der Waals surface area contributed by atoms with E-state index in [9.17, 15) is 14.7 Å². The maximum absolute atomic E-state index is 12.6. The fraction of sp³-hybridized carbons (Fsp3) is 0.0667. The minimum absolute atomic E-state index is 0.0369. The molecule has 1 aromatic carbocycles. The number of halogens is 1. The minimum Gasteiger partial charge on any atom is -0.494 e. The number of carbonyl (C=O) groups excluding carboxylic acids is 2. The lowest BCUT2D eigenvalue weighted by atomic mass is 10.0. The largest absolute Gasteiger partial charge is 0.494 e. The predicted octanol–water partition coefficient (Wildman–Crippen LogP) is 2.68. The summed E-state index contributed by atoms with van der Waals surface area (Å²) in [5.74, 6) is -1.28. The van der Waals surface area contributed by atoms with Crippen LogP contribution in [0.2, 0.25) is 5.02 Å². The van der Waals surface area contributed by atoms with Crippen LogP contribution in [0.25, 0.3) is 10.9 Å². The third kappa shape index (κ3) is 2.14. The highest BCUT2D eigenvalue weighted by atomic mass is 35.5. The maximum atomic E-state index is 12.6. The Kier molecular flexibility index (Phi) is 3.38. The molecule has 0 fully saturated rings. The molecule has 2 aromatic heterocycles. The SMILES string of the molecule is CC(=O)n1c(O)c(C(=O)c2ccnnc2)c2ccc(Cl)cc21. The summed E-state index contributed by atoms with van der Waals surface area (Å²) in [4.78, 5) is 24.4. The lowest BCUT2D eigenvalue weighted by molar-refractivity contribution is 0.0933. The summed E-state index contributed by atoms with van der Waals surface area (Å²) in [5, 5.41) is 18.5. The van der Waals surface area contributed by atoms with Gasteiger partial charge in [0.1, 0.15) is 0 Å². The molecule has 0 saturated carbocycles. The second-order valence-electron chi connectivity index (χ2n) is 4.67. The van der Waals surface area contributed by atoms with E-state index >= 15 is 0 Å². The van der Waals surface area contributed by atoms with Crippen molar-refractivity contribution in [3.63, 3.8) is 0 Å². The van der Waals surface area contributed by atoms with Gasteiger partial charge >= 0.3 is 0 Å². The van der Waals surface area contributed by atoms with Crippen LogP contribution in [-0.4, -0.2) is 31.6 Å². The van der Waals surface area contributed by atoms with Gasteiger partial charge in [-0.25, -0.2) is 4.57 Å². The van der Waals surface area contributed by atoms with Crippen molar-refractivity contribution in [1.29, 1.82) is 0 Å². The molecular formula is C15H10ClN3O3. The molecule has 0 aliphatic rings. The molecule has 0 radical (unpaired) electrons. The van der Waals surface area contributed by atoms with Crippen molar-refractivity contribution in [3.8, 4) is 5.88 Å². The normalized spacial score (nSPS) is 10.8. The van der Waals surface area contributed by atoms with Crippen LogP contribution in [0.4, 0.5) is 0 Å². The van der Waals surface area contributed by atoms with Crippen LogP contribution in [0.3, 0.4) is 0 Å². The van der Waals surface area contributed by atoms with Crippen LogP contribution in [0.1, 0.15) is 27.6 Å². The molecule has 0 atom stereocenters. The zero-order valence-electron chi connectivity index (χ0n) is 11.4. The molecule has 110 valence electrons. The minimum atomic E-state index is -0.445. The first-order chi connectivity index (χ1) is 10.5. The highest BCUT2D eigenvalue weighted by molar-refractivity contribution is 6.31. The predicted molar refractivity (Wildman–Crippen MR) is 80.4 cm³/mol. The van der Waals surface area contributed by atoms with Gasteiger partial charge < -0.3 is 5.11 Å². The Hall–Kier alpha value is -2.73. The van der Waals surface area contributed by atoms with Gasteiger partial charge in [0.25, 0.3) is 0 Å². The Bertz CT molecular complexity index is 903. The molecule has 0 spiro atoms. The number of aromatic hydroxyl groups is 1. The molecule has 1 N–H and O–H groups in total. The second kappa shape index (κ2) is 5.23. The van der Waals surface area contributed by atoms with E-state index < -0.39 is 17.6 Å². The number of ketones is 1. The van der Waals surface area contributed by atoms with Crippen molar-refractivity contribution >= 4 is 34.2 Å². The van der Waals surface area contributed by atoms with Crippen molar-refractivity contribution in [2.45, 2.75) is 6.92 Å². The fourth-order valence-corrected chi connectivity index (χ4v) is 2.53. The molecule has 3 aromatic rings. The number of fused-ring (bicyclic) bond motifs is 1. The van der Waals surface area contributed by atoms with Crippen molar-refractivity contribution in [1.82, 2.24) is 14.8 Å². The summed E-state index contributed by atoms with van der Waals surface area (Å²) in [5.41, 5.74) is 0.681. The fourth-order valence-electron chi connectivity index (χ4n) is 2.36. The van der Waals surface area contributed by atoms with E-state index in [4.69, 9.17) is 11.6 Å². The first-order valence-electron chi connectivity index (χ1n) is 6.36. The lowest BCUT2D eigenvalue weighted by Gasteiger charge is -2.01. The number of benzene rings is 1. The Labute approximate surface area is 130 Å². The van der Waals surface area contributed by atoms with Gasteiger partial charge in [0.2, 0.25) is 17.6 Å². The molecule has 0 bridgehead atoms. The Balaban J connectivity index is 2.33. The zero-order chi connectivity index (χ0) is 15.9. The summed E-state index contributed by atoms with van der Waals surface area (Å²) in [6.07, 6.45) is 2.68. The van der Waals surface area contributed by atoms with Crippen LogP contribution in [0, 0.1) is 0 Å². The van der Waals surface area contributed by atoms with E-state index in [-0.39, 0.29) is 11.1 Å². The summed E-state index contributed by atoms with van der Waals surface area (Å²) >= 11 is 5.94. The van der Waals surface area contributed by atoms with E-state index in [2.05, 4.69) is 10.2 Å². The van der Waals surface area contributed by atoms with Crippen LogP contribution in [-0.2, 0) is 0 Å². The first kappa shape index (κ1) is 14.2. The van der Waals surface area contributed by atoms with Gasteiger partial charge in [-0.05, 0) is 18.2 Å². The molecule has 6 nitrogen and oxygen atoms in total. The van der Waals surface area contributed by atoms with Gasteiger partial charge in [0, 0.05) is 22.9 Å². The third-order valence-corrected chi connectivity index (χ3v) is 3.53. The summed E-state index contributed by atoms with van der Waals surface area (Å²) in [6, 6.07) is 6.20. The average molecular weight is 316 g/mol. The smallest absolute Gasteiger partial charge is 0.230 e. The van der Waals surface area contributed by atoms with E-state index in [1.165, 1.54) is 31.5 Å².